The highest BCUT2D eigenvalue weighted by atomic mass is 31.2. The summed E-state index contributed by atoms with van der Waals surface area (Å²) in [5.74, 6) is -0.198. The normalized spacial score (nSPS) is 13.7. The Morgan fingerprint density at radius 1 is 0.415 bits per heavy atom. The van der Waals surface area contributed by atoms with E-state index in [2.05, 4.69) is 31.3 Å². The number of nitrogens with zero attached hydrogens (tertiary/aromatic N) is 1. The van der Waals surface area contributed by atoms with E-state index in [0.29, 0.717) is 17.4 Å². The van der Waals surface area contributed by atoms with Crippen LogP contribution in [0.25, 0.3) is 0 Å². The van der Waals surface area contributed by atoms with Gasteiger partial charge in [0.15, 0.2) is 0 Å². The molecule has 2 N–H and O–H groups in total. The number of quaternary nitrogens is 1. The predicted molar refractivity (Wildman–Crippen MR) is 358 cm³/mol. The molecule has 0 bridgehead atoms. The number of hydrogen-bond acceptors (Lipinski definition) is 6. The highest BCUT2D eigenvalue weighted by Crippen LogP contribution is 2.38. The molecule has 0 saturated carbocycles. The van der Waals surface area contributed by atoms with Crippen LogP contribution in [0.15, 0.2) is 24.3 Å². The molecule has 0 fully saturated rings. The van der Waals surface area contributed by atoms with E-state index in [1.54, 1.807) is 6.08 Å². The number of unbranched alkanes of at least 4 members (excludes halogenated alkanes) is 54. The molecule has 0 spiro atoms. The number of aliphatic hydroxyl groups excluding tert-OH is 1. The minimum Gasteiger partial charge on any atom is -0.756 e. The van der Waals surface area contributed by atoms with Crippen LogP contribution in [0.2, 0.25) is 0 Å². The molecule has 0 aliphatic rings. The molecule has 0 rings (SSSR count). The zero-order chi connectivity index (χ0) is 59.8. The predicted octanol–water partition coefficient (Wildman–Crippen LogP) is 22.8. The Hall–Kier alpha value is -1.02. The summed E-state index contributed by atoms with van der Waals surface area (Å²) in [5, 5.41) is 14.0. The summed E-state index contributed by atoms with van der Waals surface area (Å²) in [6.45, 7) is 4.70. The molecule has 0 aliphatic carbocycles. The number of hydrogen-bond donors (Lipinski definition) is 2. The van der Waals surface area contributed by atoms with Crippen LogP contribution in [-0.4, -0.2) is 68.5 Å². The average molecular weight is 1180 g/mol. The second-order valence-electron chi connectivity index (χ2n) is 26.7. The maximum atomic E-state index is 13.0. The van der Waals surface area contributed by atoms with Gasteiger partial charge in [0.1, 0.15) is 13.2 Å². The Labute approximate surface area is 513 Å². The largest absolute Gasteiger partial charge is 0.756 e. The molecule has 8 nitrogen and oxygen atoms in total. The number of phosphoric ester groups is 1. The van der Waals surface area contributed by atoms with Crippen molar-refractivity contribution in [2.24, 2.45) is 0 Å². The maximum absolute atomic E-state index is 13.0. The van der Waals surface area contributed by atoms with Crippen LogP contribution in [0.5, 0.6) is 0 Å². The van der Waals surface area contributed by atoms with Gasteiger partial charge >= 0.3 is 0 Å². The number of phosphoric acid groups is 1. The van der Waals surface area contributed by atoms with E-state index in [9.17, 15) is 19.4 Å². The SMILES string of the molecule is CCCCCCCCCCCCCCCCCCCCCCCC/C=C/CC/C=C/C(O)C(COP(=O)([O-])OCC[N+](C)(C)C)NC(=O)CCCCCCCCCCCCCCCCCCCCCCCCCCCCCCCCCC. The first-order chi connectivity index (χ1) is 40.0. The van der Waals surface area contributed by atoms with Gasteiger partial charge in [-0.1, -0.05) is 372 Å². The van der Waals surface area contributed by atoms with Crippen LogP contribution < -0.4 is 10.2 Å². The number of nitrogens with one attached hydrogen (secondary N) is 1. The second kappa shape index (κ2) is 64.5. The molecule has 0 aromatic rings. The number of carbonyl (C=O) groups is 1. The molecule has 0 aromatic carbocycles. The van der Waals surface area contributed by atoms with Crippen LogP contribution in [0, 0.1) is 0 Å². The number of aliphatic hydroxyl groups is 1. The lowest BCUT2D eigenvalue weighted by atomic mass is 10.0. The summed E-state index contributed by atoms with van der Waals surface area (Å²) < 4.78 is 23.5. The van der Waals surface area contributed by atoms with Gasteiger partial charge < -0.3 is 28.8 Å². The molecule has 488 valence electrons. The molecule has 3 atom stereocenters. The van der Waals surface area contributed by atoms with Crippen LogP contribution in [0.1, 0.15) is 386 Å². The lowest BCUT2D eigenvalue weighted by Crippen LogP contribution is -2.45. The van der Waals surface area contributed by atoms with Crippen LogP contribution in [-0.2, 0) is 18.4 Å². The van der Waals surface area contributed by atoms with Crippen molar-refractivity contribution in [1.82, 2.24) is 5.32 Å². The number of allylic oxidation sites excluding steroid dienone is 3. The molecule has 3 unspecified atom stereocenters. The molecule has 0 saturated heterocycles. The summed E-state index contributed by atoms with van der Waals surface area (Å²) in [5.41, 5.74) is 0. The fraction of sp³-hybridized carbons (Fsp3) is 0.932. The van der Waals surface area contributed by atoms with Gasteiger partial charge in [0, 0.05) is 6.42 Å². The summed E-state index contributed by atoms with van der Waals surface area (Å²) in [6, 6.07) is -0.902. The van der Waals surface area contributed by atoms with E-state index >= 15 is 0 Å². The summed E-state index contributed by atoms with van der Waals surface area (Å²) in [6.07, 6.45) is 84.7. The molecule has 1 amide bonds. The van der Waals surface area contributed by atoms with E-state index in [-0.39, 0.29) is 19.1 Å². The minimum atomic E-state index is -4.61. The smallest absolute Gasteiger partial charge is 0.268 e. The lowest BCUT2D eigenvalue weighted by Gasteiger charge is -2.29. The Morgan fingerprint density at radius 3 is 0.988 bits per heavy atom. The molecule has 0 aromatic heterocycles. The standard InChI is InChI=1S/C73H145N2O6P/c1-6-8-10-12-14-16-18-20-22-24-26-28-30-32-34-36-37-38-39-41-43-45-47-49-51-53-55-57-59-61-63-65-67-73(77)74-71(70-81-82(78,79)80-69-68-75(3,4)5)72(76)66-64-62-60-58-56-54-52-50-48-46-44-42-40-35-33-31-29-27-25-23-21-19-17-15-13-11-9-7-2/h56,58,64,66,71-72,76H,6-55,57,59-63,65,67-70H2,1-5H3,(H-,74,77,78,79)/b58-56+,66-64+. The summed E-state index contributed by atoms with van der Waals surface area (Å²) in [7, 11) is 1.26. The van der Waals surface area contributed by atoms with Gasteiger partial charge in [-0.2, -0.15) is 0 Å². The van der Waals surface area contributed by atoms with Gasteiger partial charge in [0.05, 0.1) is 39.9 Å². The minimum absolute atomic E-state index is 0.00335. The molecule has 0 heterocycles. The summed E-state index contributed by atoms with van der Waals surface area (Å²) >= 11 is 0. The zero-order valence-electron chi connectivity index (χ0n) is 56.0. The summed E-state index contributed by atoms with van der Waals surface area (Å²) in [4.78, 5) is 25.6. The highest BCUT2D eigenvalue weighted by molar-refractivity contribution is 7.45. The monoisotopic (exact) mass is 1180 g/mol. The van der Waals surface area contributed by atoms with Crippen molar-refractivity contribution in [1.29, 1.82) is 0 Å². The Kier molecular flexibility index (Phi) is 63.7. The van der Waals surface area contributed by atoms with Crippen molar-refractivity contribution in [3.05, 3.63) is 24.3 Å². The number of amides is 1. The molecule has 9 heteroatoms. The Balaban J connectivity index is 4.03. The third-order valence-corrected chi connectivity index (χ3v) is 18.1. The van der Waals surface area contributed by atoms with Gasteiger partial charge in [0.25, 0.3) is 7.82 Å². The molecular weight excluding hydrogens is 1030 g/mol. The molecular formula is C73H145N2O6P. The zero-order valence-corrected chi connectivity index (χ0v) is 56.9. The van der Waals surface area contributed by atoms with Gasteiger partial charge in [-0.05, 0) is 32.1 Å². The average Bonchev–Trinajstić information content (AvgIpc) is 3.45. The number of rotatable bonds is 69. The van der Waals surface area contributed by atoms with Crippen molar-refractivity contribution in [3.63, 3.8) is 0 Å². The van der Waals surface area contributed by atoms with Crippen molar-refractivity contribution in [2.45, 2.75) is 398 Å². The van der Waals surface area contributed by atoms with E-state index in [0.717, 1.165) is 38.5 Å². The highest BCUT2D eigenvalue weighted by Gasteiger charge is 2.23. The third-order valence-electron chi connectivity index (χ3n) is 17.2. The Morgan fingerprint density at radius 2 is 0.683 bits per heavy atom. The lowest BCUT2D eigenvalue weighted by molar-refractivity contribution is -0.870. The second-order valence-corrected chi connectivity index (χ2v) is 28.1. The molecule has 82 heavy (non-hydrogen) atoms. The molecule has 0 radical (unpaired) electrons. The number of carbonyl (C=O) groups excluding carboxylic acids is 1. The van der Waals surface area contributed by atoms with Gasteiger partial charge in [0.2, 0.25) is 5.91 Å². The quantitative estimate of drug-likeness (QED) is 0.0272. The van der Waals surface area contributed by atoms with E-state index < -0.39 is 20.0 Å². The van der Waals surface area contributed by atoms with Crippen LogP contribution in [0.3, 0.4) is 0 Å². The van der Waals surface area contributed by atoms with Crippen LogP contribution in [0.4, 0.5) is 0 Å². The van der Waals surface area contributed by atoms with E-state index in [1.807, 2.05) is 27.2 Å². The van der Waals surface area contributed by atoms with Gasteiger partial charge in [-0.3, -0.25) is 9.36 Å². The third kappa shape index (κ3) is 66.5. The molecule has 0 aliphatic heterocycles. The van der Waals surface area contributed by atoms with Crippen molar-refractivity contribution >= 4 is 13.7 Å². The fourth-order valence-corrected chi connectivity index (χ4v) is 12.2. The van der Waals surface area contributed by atoms with Crippen molar-refractivity contribution in [3.8, 4) is 0 Å². The first-order valence-corrected chi connectivity index (χ1v) is 38.2. The van der Waals surface area contributed by atoms with Crippen molar-refractivity contribution in [2.75, 3.05) is 40.9 Å². The van der Waals surface area contributed by atoms with Crippen molar-refractivity contribution < 1.29 is 32.9 Å². The van der Waals surface area contributed by atoms with Gasteiger partial charge in [-0.15, -0.1) is 0 Å². The maximum Gasteiger partial charge on any atom is 0.268 e. The Bertz CT molecular complexity index is 1390. The fourth-order valence-electron chi connectivity index (χ4n) is 11.5. The first-order valence-electron chi connectivity index (χ1n) is 36.7. The van der Waals surface area contributed by atoms with E-state index in [4.69, 9.17) is 9.05 Å². The first kappa shape index (κ1) is 81.0. The van der Waals surface area contributed by atoms with Gasteiger partial charge in [-0.25, -0.2) is 0 Å². The van der Waals surface area contributed by atoms with E-state index in [1.165, 1.54) is 327 Å². The van der Waals surface area contributed by atoms with Crippen LogP contribution >= 0.6 is 7.82 Å². The number of likely N-dealkylation sites (N-methyl/N-ethyl adjacent to an activating group) is 1. The topological polar surface area (TPSA) is 108 Å².